The SMILES string of the molecule is CCCc1nc2c(C)cc(-c3nc4ccccc4n3C)cc2n1Cc1ccc(-c2ccccc2C(=O)O)cc1.O=S(=O)(O)O. The first-order chi connectivity index (χ1) is 20.9. The van der Waals surface area contributed by atoms with Gasteiger partial charge in [-0.25, -0.2) is 14.8 Å². The minimum atomic E-state index is -4.67. The summed E-state index contributed by atoms with van der Waals surface area (Å²) in [5.41, 5.74) is 9.46. The van der Waals surface area contributed by atoms with Crippen LogP contribution in [0.3, 0.4) is 0 Å². The van der Waals surface area contributed by atoms with Gasteiger partial charge in [0.05, 0.1) is 27.6 Å². The Balaban J connectivity index is 0.000000712. The molecule has 0 bridgehead atoms. The lowest BCUT2D eigenvalue weighted by atomic mass is 9.98. The Morgan fingerprint density at radius 3 is 2.18 bits per heavy atom. The van der Waals surface area contributed by atoms with E-state index in [1.807, 2.05) is 42.5 Å². The first-order valence-electron chi connectivity index (χ1n) is 14.0. The number of aromatic nitrogens is 4. The van der Waals surface area contributed by atoms with Crippen molar-refractivity contribution in [3.05, 3.63) is 107 Å². The number of aromatic carboxylic acids is 1. The fraction of sp³-hybridized carbons (Fsp3) is 0.182. The molecule has 4 aromatic carbocycles. The van der Waals surface area contributed by atoms with Crippen LogP contribution in [0.25, 0.3) is 44.6 Å². The van der Waals surface area contributed by atoms with Crippen LogP contribution in [0.5, 0.6) is 0 Å². The van der Waals surface area contributed by atoms with Crippen LogP contribution < -0.4 is 0 Å². The number of nitrogens with zero attached hydrogens (tertiary/aromatic N) is 4. The Kier molecular flexibility index (Phi) is 8.63. The number of benzene rings is 4. The lowest BCUT2D eigenvalue weighted by molar-refractivity contribution is 0.0697. The Bertz CT molecular complexity index is 2090. The smallest absolute Gasteiger partial charge is 0.394 e. The monoisotopic (exact) mass is 612 g/mol. The molecule has 6 rings (SSSR count). The Morgan fingerprint density at radius 2 is 1.52 bits per heavy atom. The number of carboxylic acids is 1. The van der Waals surface area contributed by atoms with Crippen molar-refractivity contribution in [2.24, 2.45) is 7.05 Å². The van der Waals surface area contributed by atoms with Crippen LogP contribution in [0.15, 0.2) is 84.9 Å². The summed E-state index contributed by atoms with van der Waals surface area (Å²) < 4.78 is 36.1. The predicted octanol–water partition coefficient (Wildman–Crippen LogP) is 6.61. The molecule has 0 saturated carbocycles. The Labute approximate surface area is 254 Å². The standard InChI is InChI=1S/C33H30N4O2.H2O4S/c1-4-9-30-35-31-21(2)18-24(32-34-27-12-7-8-13-28(27)36(32)3)19-29(31)37(30)20-22-14-16-23(17-15-22)25-10-5-6-11-26(25)33(38)39;1-5(2,3)4/h5-8,10-19H,4,9,20H2,1-3H3,(H,38,39);(H2,1,2,3,4). The van der Waals surface area contributed by atoms with E-state index in [0.717, 1.165) is 74.4 Å². The van der Waals surface area contributed by atoms with Crippen LogP contribution in [0, 0.1) is 6.92 Å². The summed E-state index contributed by atoms with van der Waals surface area (Å²) in [6.45, 7) is 4.98. The van der Waals surface area contributed by atoms with Crippen LogP contribution in [-0.4, -0.2) is 47.7 Å². The zero-order valence-electron chi connectivity index (χ0n) is 24.5. The van der Waals surface area contributed by atoms with Crippen LogP contribution >= 0.6 is 0 Å². The average molecular weight is 613 g/mol. The molecule has 0 saturated heterocycles. The van der Waals surface area contributed by atoms with E-state index < -0.39 is 16.4 Å². The molecule has 226 valence electrons. The first-order valence-corrected chi connectivity index (χ1v) is 15.4. The minimum Gasteiger partial charge on any atom is -0.478 e. The molecule has 2 heterocycles. The van der Waals surface area contributed by atoms with Crippen molar-refractivity contribution in [3.63, 3.8) is 0 Å². The van der Waals surface area contributed by atoms with E-state index in [-0.39, 0.29) is 0 Å². The Morgan fingerprint density at radius 1 is 0.864 bits per heavy atom. The van der Waals surface area contributed by atoms with E-state index in [2.05, 4.69) is 60.4 Å². The van der Waals surface area contributed by atoms with Gasteiger partial charge in [0.1, 0.15) is 11.6 Å². The van der Waals surface area contributed by atoms with Gasteiger partial charge in [-0.15, -0.1) is 0 Å². The minimum absolute atomic E-state index is 0.307. The maximum absolute atomic E-state index is 11.7. The van der Waals surface area contributed by atoms with Crippen LogP contribution in [0.4, 0.5) is 0 Å². The third-order valence-corrected chi connectivity index (χ3v) is 7.41. The van der Waals surface area contributed by atoms with E-state index in [0.29, 0.717) is 12.1 Å². The highest BCUT2D eigenvalue weighted by molar-refractivity contribution is 7.79. The highest BCUT2D eigenvalue weighted by Gasteiger charge is 2.17. The molecule has 44 heavy (non-hydrogen) atoms. The second-order valence-corrected chi connectivity index (χ2v) is 11.4. The second-order valence-electron chi connectivity index (χ2n) is 10.5. The molecule has 10 nitrogen and oxygen atoms in total. The summed E-state index contributed by atoms with van der Waals surface area (Å²) in [5.74, 6) is 1.08. The van der Waals surface area contributed by atoms with Crippen molar-refractivity contribution in [2.75, 3.05) is 0 Å². The van der Waals surface area contributed by atoms with Gasteiger partial charge in [-0.05, 0) is 65.9 Å². The summed E-state index contributed by atoms with van der Waals surface area (Å²) in [6.07, 6.45) is 1.89. The summed E-state index contributed by atoms with van der Waals surface area (Å²) in [6, 6.07) is 27.9. The predicted molar refractivity (Wildman–Crippen MR) is 170 cm³/mol. The van der Waals surface area contributed by atoms with E-state index in [4.69, 9.17) is 27.5 Å². The van der Waals surface area contributed by atoms with Crippen molar-refractivity contribution < 1.29 is 27.4 Å². The third-order valence-electron chi connectivity index (χ3n) is 7.41. The molecule has 0 fully saturated rings. The quantitative estimate of drug-likeness (QED) is 0.171. The number of para-hydroxylation sites is 2. The maximum atomic E-state index is 11.7. The van der Waals surface area contributed by atoms with E-state index in [9.17, 15) is 9.90 Å². The summed E-state index contributed by atoms with van der Waals surface area (Å²) in [5, 5.41) is 9.60. The van der Waals surface area contributed by atoms with Gasteiger partial charge >= 0.3 is 16.4 Å². The molecular weight excluding hydrogens is 580 g/mol. The lowest BCUT2D eigenvalue weighted by Crippen LogP contribution is -2.05. The van der Waals surface area contributed by atoms with Gasteiger partial charge in [0, 0.05) is 25.6 Å². The van der Waals surface area contributed by atoms with Crippen LogP contribution in [0.2, 0.25) is 0 Å². The molecule has 3 N–H and O–H groups in total. The van der Waals surface area contributed by atoms with Crippen molar-refractivity contribution in [2.45, 2.75) is 33.2 Å². The molecule has 0 aliphatic rings. The van der Waals surface area contributed by atoms with Gasteiger partial charge in [-0.2, -0.15) is 8.42 Å². The number of carboxylic acid groups (broad SMARTS) is 1. The maximum Gasteiger partial charge on any atom is 0.394 e. The summed E-state index contributed by atoms with van der Waals surface area (Å²) >= 11 is 0. The van der Waals surface area contributed by atoms with Crippen molar-refractivity contribution in [3.8, 4) is 22.5 Å². The number of hydrogen-bond acceptors (Lipinski definition) is 5. The second kappa shape index (κ2) is 12.4. The number of carbonyl (C=O) groups is 1. The largest absolute Gasteiger partial charge is 0.478 e. The molecule has 0 radical (unpaired) electrons. The number of rotatable bonds is 7. The highest BCUT2D eigenvalue weighted by Crippen LogP contribution is 2.31. The molecule has 0 atom stereocenters. The molecular formula is C33H32N4O6S. The molecule has 0 spiro atoms. The summed E-state index contributed by atoms with van der Waals surface area (Å²) in [7, 11) is -2.60. The van der Waals surface area contributed by atoms with Gasteiger partial charge in [-0.1, -0.05) is 61.5 Å². The molecule has 6 aromatic rings. The van der Waals surface area contributed by atoms with Crippen molar-refractivity contribution in [1.29, 1.82) is 0 Å². The third kappa shape index (κ3) is 6.55. The lowest BCUT2D eigenvalue weighted by Gasteiger charge is -2.12. The van der Waals surface area contributed by atoms with Crippen LogP contribution in [0.1, 0.15) is 40.7 Å². The number of fused-ring (bicyclic) bond motifs is 2. The normalized spacial score (nSPS) is 11.5. The van der Waals surface area contributed by atoms with Gasteiger partial charge in [0.2, 0.25) is 0 Å². The van der Waals surface area contributed by atoms with Crippen molar-refractivity contribution in [1.82, 2.24) is 19.1 Å². The molecule has 0 amide bonds. The van der Waals surface area contributed by atoms with Gasteiger partial charge < -0.3 is 14.2 Å². The van der Waals surface area contributed by atoms with Gasteiger partial charge in [-0.3, -0.25) is 9.11 Å². The average Bonchev–Trinajstić information content (AvgIpc) is 3.50. The molecule has 0 aliphatic carbocycles. The fourth-order valence-electron chi connectivity index (χ4n) is 5.46. The topological polar surface area (TPSA) is 148 Å². The van der Waals surface area contributed by atoms with E-state index >= 15 is 0 Å². The molecule has 0 unspecified atom stereocenters. The van der Waals surface area contributed by atoms with Gasteiger partial charge in [0.25, 0.3) is 0 Å². The number of imidazole rings is 2. The Hall–Kier alpha value is -4.84. The van der Waals surface area contributed by atoms with E-state index in [1.54, 1.807) is 12.1 Å². The first kappa shape index (κ1) is 30.6. The fourth-order valence-corrected chi connectivity index (χ4v) is 5.46. The summed E-state index contributed by atoms with van der Waals surface area (Å²) in [4.78, 5) is 21.7. The van der Waals surface area contributed by atoms with Crippen molar-refractivity contribution >= 4 is 38.4 Å². The number of hydrogen-bond donors (Lipinski definition) is 3. The number of aryl methyl sites for hydroxylation is 3. The van der Waals surface area contributed by atoms with Gasteiger partial charge in [0.15, 0.2) is 0 Å². The molecule has 11 heteroatoms. The zero-order valence-corrected chi connectivity index (χ0v) is 25.3. The highest BCUT2D eigenvalue weighted by atomic mass is 32.3. The molecule has 2 aromatic heterocycles. The van der Waals surface area contributed by atoms with Crippen LogP contribution in [-0.2, 0) is 30.4 Å². The van der Waals surface area contributed by atoms with E-state index in [1.165, 1.54) is 0 Å². The molecule has 0 aliphatic heterocycles. The zero-order chi connectivity index (χ0) is 31.6.